The number of nitrogens with zero attached hydrogens (tertiary/aromatic N) is 2. The number of benzene rings is 7. The second kappa shape index (κ2) is 9.86. The number of rotatable bonds is 4. The summed E-state index contributed by atoms with van der Waals surface area (Å²) in [4.78, 5) is 0. The zero-order chi connectivity index (χ0) is 42.1. The van der Waals surface area contributed by atoms with Crippen LogP contribution in [0.3, 0.4) is 0 Å². The van der Waals surface area contributed by atoms with Crippen molar-refractivity contribution >= 4 is 43.6 Å². The smallest absolute Gasteiger partial charge is 0.0652 e. The minimum absolute atomic E-state index is 0.0869. The van der Waals surface area contributed by atoms with Crippen molar-refractivity contribution in [3.63, 3.8) is 0 Å². The van der Waals surface area contributed by atoms with Gasteiger partial charge in [0.05, 0.1) is 48.3 Å². The van der Waals surface area contributed by atoms with Crippen molar-refractivity contribution in [1.82, 2.24) is 9.13 Å². The van der Waals surface area contributed by atoms with Gasteiger partial charge in [0.25, 0.3) is 0 Å². The molecule has 9 rings (SSSR count). The van der Waals surface area contributed by atoms with Crippen molar-refractivity contribution in [2.45, 2.75) is 0 Å². The fourth-order valence-electron chi connectivity index (χ4n) is 5.97. The van der Waals surface area contributed by atoms with E-state index in [-0.39, 0.29) is 43.6 Å². The van der Waals surface area contributed by atoms with Gasteiger partial charge in [0.1, 0.15) is 0 Å². The van der Waals surface area contributed by atoms with Crippen LogP contribution in [0.2, 0.25) is 0 Å². The average molecular weight is 576 g/mol. The first kappa shape index (κ1) is 14.1. The van der Waals surface area contributed by atoms with Crippen LogP contribution >= 0.6 is 0 Å². The van der Waals surface area contributed by atoms with Crippen LogP contribution in [0.25, 0.3) is 77.2 Å². The molecule has 0 atom stereocenters. The normalized spacial score (nSPS) is 16.4. The van der Waals surface area contributed by atoms with Gasteiger partial charge in [-0.2, -0.15) is 0 Å². The van der Waals surface area contributed by atoms with Crippen LogP contribution in [-0.4, -0.2) is 9.13 Å². The molecular formula is C42H28N2. The Hall–Kier alpha value is -5.86. The Bertz CT molecular complexity index is 3180. The van der Waals surface area contributed by atoms with E-state index in [1.165, 1.54) is 4.57 Å². The molecule has 0 N–H and O–H groups in total. The summed E-state index contributed by atoms with van der Waals surface area (Å²) in [5.41, 5.74) is 1.67. The van der Waals surface area contributed by atoms with E-state index in [2.05, 4.69) is 0 Å². The fourth-order valence-corrected chi connectivity index (χ4v) is 5.97. The van der Waals surface area contributed by atoms with Crippen LogP contribution in [0.5, 0.6) is 0 Å². The third-order valence-corrected chi connectivity index (χ3v) is 7.83. The van der Waals surface area contributed by atoms with Crippen LogP contribution < -0.4 is 0 Å². The highest BCUT2D eigenvalue weighted by molar-refractivity contribution is 6.13. The van der Waals surface area contributed by atoms with Gasteiger partial charge in [0.15, 0.2) is 0 Å². The highest BCUT2D eigenvalue weighted by atomic mass is 15.0. The van der Waals surface area contributed by atoms with Crippen LogP contribution in [0.15, 0.2) is 169 Å². The largest absolute Gasteiger partial charge is 0.309 e. The first-order valence-electron chi connectivity index (χ1n) is 21.4. The minimum atomic E-state index is -0.705. The Morgan fingerprint density at radius 3 is 1.39 bits per heavy atom. The maximum Gasteiger partial charge on any atom is 0.0652 e. The summed E-state index contributed by atoms with van der Waals surface area (Å²) in [6, 6.07) is 14.7. The van der Waals surface area contributed by atoms with Crippen LogP contribution in [-0.2, 0) is 0 Å². The zero-order valence-corrected chi connectivity index (χ0v) is 22.9. The Morgan fingerprint density at radius 2 is 0.841 bits per heavy atom. The summed E-state index contributed by atoms with van der Waals surface area (Å²) in [6.45, 7) is 0. The van der Waals surface area contributed by atoms with Crippen molar-refractivity contribution in [3.8, 4) is 33.6 Å². The number of hydrogen-bond acceptors (Lipinski definition) is 0. The fraction of sp³-hybridized carbons (Fsp3) is 0. The van der Waals surface area contributed by atoms with Gasteiger partial charge in [0.2, 0.25) is 0 Å². The highest BCUT2D eigenvalue weighted by Crippen LogP contribution is 2.42. The van der Waals surface area contributed by atoms with E-state index in [9.17, 15) is 6.85 Å². The van der Waals surface area contributed by atoms with Gasteiger partial charge in [-0.15, -0.1) is 0 Å². The predicted octanol–water partition coefficient (Wildman–Crippen LogP) is 11.2. The minimum Gasteiger partial charge on any atom is -0.309 e. The lowest BCUT2D eigenvalue weighted by Gasteiger charge is -2.19. The van der Waals surface area contributed by atoms with Gasteiger partial charge in [-0.25, -0.2) is 0 Å². The Balaban J connectivity index is 1.58. The third-order valence-electron chi connectivity index (χ3n) is 7.83. The first-order valence-corrected chi connectivity index (χ1v) is 13.9. The van der Waals surface area contributed by atoms with E-state index in [0.717, 1.165) is 15.7 Å². The molecule has 44 heavy (non-hydrogen) atoms. The summed E-state index contributed by atoms with van der Waals surface area (Å²) < 4.78 is 138. The van der Waals surface area contributed by atoms with E-state index in [0.29, 0.717) is 16.8 Å². The standard InChI is InChI=1S/C42H28N2/c1-3-14-29(15-4-1)32-21-13-22-33(30-16-5-2-6-17-30)42(32)44-40-25-12-9-20-36(40)37-28-31(26-27-41(37)44)43-38-23-10-7-18-34(38)35-19-8-11-24-39(35)43/h1-28H/i7D,8D,9D,10D,11D,12D,18D,19D,20D,23D,24D,25D,26D,27D,28D. The van der Waals surface area contributed by atoms with Gasteiger partial charge >= 0.3 is 0 Å². The molecule has 0 aliphatic carbocycles. The van der Waals surface area contributed by atoms with Gasteiger partial charge in [0, 0.05) is 38.4 Å². The second-order valence-electron chi connectivity index (χ2n) is 10.2. The van der Waals surface area contributed by atoms with E-state index in [1.54, 1.807) is 0 Å². The molecule has 0 fully saturated rings. The second-order valence-corrected chi connectivity index (χ2v) is 10.2. The Morgan fingerprint density at radius 1 is 0.386 bits per heavy atom. The van der Waals surface area contributed by atoms with Gasteiger partial charge in [-0.1, -0.05) is 133 Å². The van der Waals surface area contributed by atoms with Gasteiger partial charge < -0.3 is 9.13 Å². The molecule has 0 spiro atoms. The molecule has 9 aromatic rings. The highest BCUT2D eigenvalue weighted by Gasteiger charge is 2.20. The van der Waals surface area contributed by atoms with Gasteiger partial charge in [-0.05, 0) is 47.4 Å². The quantitative estimate of drug-likeness (QED) is 0.197. The number of aromatic nitrogens is 2. The molecule has 0 saturated carbocycles. The molecule has 0 bridgehead atoms. The average Bonchev–Trinajstić information content (AvgIpc) is 3.79. The summed E-state index contributed by atoms with van der Waals surface area (Å²) in [5, 5.41) is -0.895. The Labute approximate surface area is 276 Å². The first-order chi connectivity index (χ1) is 28.1. The van der Waals surface area contributed by atoms with Crippen LogP contribution in [0, 0.1) is 0 Å². The zero-order valence-electron chi connectivity index (χ0n) is 37.9. The summed E-state index contributed by atoms with van der Waals surface area (Å²) >= 11 is 0. The molecule has 0 aliphatic heterocycles. The molecule has 206 valence electrons. The molecule has 0 unspecified atom stereocenters. The number of hydrogen-bond donors (Lipinski definition) is 0. The number of fused-ring (bicyclic) bond motifs is 6. The predicted molar refractivity (Wildman–Crippen MR) is 186 cm³/mol. The van der Waals surface area contributed by atoms with E-state index in [1.807, 2.05) is 78.9 Å². The molecule has 2 heteroatoms. The van der Waals surface area contributed by atoms with Crippen molar-refractivity contribution < 1.29 is 20.6 Å². The lowest BCUT2D eigenvalue weighted by atomic mass is 9.95. The topological polar surface area (TPSA) is 9.86 Å². The molecule has 0 amide bonds. The summed E-state index contributed by atoms with van der Waals surface area (Å²) in [6.07, 6.45) is 0. The third kappa shape index (κ3) is 3.68. The van der Waals surface area contributed by atoms with E-state index in [4.69, 9.17) is 13.7 Å². The number of para-hydroxylation sites is 4. The van der Waals surface area contributed by atoms with Crippen LogP contribution in [0.4, 0.5) is 0 Å². The monoisotopic (exact) mass is 575 g/mol. The molecule has 2 nitrogen and oxygen atoms in total. The summed E-state index contributed by atoms with van der Waals surface area (Å²) in [5.74, 6) is 0. The molecule has 7 aromatic carbocycles. The lowest BCUT2D eigenvalue weighted by Crippen LogP contribution is -2.01. The van der Waals surface area contributed by atoms with Crippen molar-refractivity contribution in [2.24, 2.45) is 0 Å². The molecular weight excluding hydrogens is 532 g/mol. The van der Waals surface area contributed by atoms with Crippen molar-refractivity contribution in [2.75, 3.05) is 0 Å². The van der Waals surface area contributed by atoms with Crippen molar-refractivity contribution in [1.29, 1.82) is 0 Å². The van der Waals surface area contributed by atoms with E-state index < -0.39 is 96.3 Å². The SMILES string of the molecule is [2H]c1c([2H])c([2H])c2c(c1[2H])c1c([2H])c([2H])c([2H])c([2H])c1n2-c1c([2H])c([2H])c2c(c1[2H])c1c([2H])c([2H])c([2H])c([2H])c1n2-c1c(-c2ccccc2)cccc1-c1ccccc1. The molecule has 0 aliphatic rings. The maximum atomic E-state index is 9.95. The van der Waals surface area contributed by atoms with E-state index >= 15 is 0 Å². The lowest BCUT2D eigenvalue weighted by molar-refractivity contribution is 1.17. The van der Waals surface area contributed by atoms with Gasteiger partial charge in [-0.3, -0.25) is 0 Å². The van der Waals surface area contributed by atoms with Crippen molar-refractivity contribution in [3.05, 3.63) is 169 Å². The molecule has 0 saturated heterocycles. The molecule has 0 radical (unpaired) electrons. The summed E-state index contributed by atoms with van der Waals surface area (Å²) in [7, 11) is 0. The molecule has 2 heterocycles. The van der Waals surface area contributed by atoms with Crippen LogP contribution in [0.1, 0.15) is 20.6 Å². The Kier molecular flexibility index (Phi) is 3.15. The maximum absolute atomic E-state index is 9.95. The molecule has 2 aromatic heterocycles.